The van der Waals surface area contributed by atoms with Crippen molar-refractivity contribution in [2.75, 3.05) is 11.9 Å². The van der Waals surface area contributed by atoms with Gasteiger partial charge in [-0.2, -0.15) is 0 Å². The second-order valence-corrected chi connectivity index (χ2v) is 7.43. The molecule has 2 N–H and O–H groups in total. The highest BCUT2D eigenvalue weighted by Crippen LogP contribution is 2.25. The molecule has 3 aromatic rings. The molecule has 2 atom stereocenters. The van der Waals surface area contributed by atoms with Crippen LogP contribution >= 0.6 is 0 Å². The molecule has 0 spiro atoms. The lowest BCUT2D eigenvalue weighted by Crippen LogP contribution is -2.35. The van der Waals surface area contributed by atoms with Crippen molar-refractivity contribution in [1.29, 1.82) is 0 Å². The van der Waals surface area contributed by atoms with Crippen LogP contribution in [-0.2, 0) is 11.2 Å². The van der Waals surface area contributed by atoms with Gasteiger partial charge in [-0.3, -0.25) is 4.79 Å². The summed E-state index contributed by atoms with van der Waals surface area (Å²) in [6.07, 6.45) is 1.27. The number of nitrogens with one attached hydrogen (secondary N) is 2. The molecule has 1 amide bonds. The van der Waals surface area contributed by atoms with Crippen LogP contribution in [0.15, 0.2) is 72.8 Å². The third kappa shape index (κ3) is 5.02. The number of anilines is 1. The Morgan fingerprint density at radius 3 is 2.33 bits per heavy atom. The first-order valence-electron chi connectivity index (χ1n) is 9.88. The van der Waals surface area contributed by atoms with Crippen molar-refractivity contribution >= 4 is 11.6 Å². The summed E-state index contributed by atoms with van der Waals surface area (Å²) in [7, 11) is 0. The maximum Gasteiger partial charge on any atom is 0.241 e. The van der Waals surface area contributed by atoms with E-state index in [1.807, 2.05) is 6.07 Å². The fourth-order valence-corrected chi connectivity index (χ4v) is 3.61. The van der Waals surface area contributed by atoms with Gasteiger partial charge in [0.15, 0.2) is 0 Å². The van der Waals surface area contributed by atoms with E-state index in [0.29, 0.717) is 42.1 Å². The minimum atomic E-state index is -0.322. The molecule has 4 nitrogen and oxygen atoms in total. The van der Waals surface area contributed by atoms with Crippen LogP contribution < -0.4 is 15.4 Å². The number of rotatable bonds is 6. The quantitative estimate of drug-likeness (QED) is 0.609. The molecule has 0 aliphatic carbocycles. The highest BCUT2D eigenvalue weighted by atomic mass is 19.1. The normalized spacial score (nSPS) is 18.2. The van der Waals surface area contributed by atoms with Gasteiger partial charge in [0.25, 0.3) is 0 Å². The van der Waals surface area contributed by atoms with Gasteiger partial charge in [-0.25, -0.2) is 8.78 Å². The number of carbonyl (C=O) groups is 1. The van der Waals surface area contributed by atoms with E-state index in [1.54, 1.807) is 48.5 Å². The Labute approximate surface area is 173 Å². The highest BCUT2D eigenvalue weighted by molar-refractivity contribution is 5.95. The first-order valence-corrected chi connectivity index (χ1v) is 9.88. The molecule has 1 aliphatic heterocycles. The van der Waals surface area contributed by atoms with Crippen LogP contribution in [0.25, 0.3) is 0 Å². The number of halogens is 2. The number of hydrogen-bond acceptors (Lipinski definition) is 3. The molecular weight excluding hydrogens is 386 g/mol. The molecule has 30 heavy (non-hydrogen) atoms. The van der Waals surface area contributed by atoms with Crippen LogP contribution in [0.3, 0.4) is 0 Å². The maximum atomic E-state index is 13.8. The monoisotopic (exact) mass is 408 g/mol. The van der Waals surface area contributed by atoms with Crippen molar-refractivity contribution in [2.24, 2.45) is 5.92 Å². The lowest BCUT2D eigenvalue weighted by Gasteiger charge is -2.13. The third-order valence-corrected chi connectivity index (χ3v) is 5.18. The molecule has 6 heteroatoms. The molecule has 1 aliphatic rings. The Morgan fingerprint density at radius 1 is 0.967 bits per heavy atom. The molecule has 0 radical (unpaired) electrons. The molecule has 1 fully saturated rings. The van der Waals surface area contributed by atoms with Crippen LogP contribution in [0.5, 0.6) is 11.5 Å². The van der Waals surface area contributed by atoms with Gasteiger partial charge in [0.2, 0.25) is 5.91 Å². The predicted molar refractivity (Wildman–Crippen MR) is 112 cm³/mol. The van der Waals surface area contributed by atoms with E-state index in [0.717, 1.165) is 0 Å². The lowest BCUT2D eigenvalue weighted by atomic mass is 9.96. The summed E-state index contributed by atoms with van der Waals surface area (Å²) in [5.41, 5.74) is 1.34. The molecule has 3 aromatic carbocycles. The standard InChI is InChI=1S/C24H22F2N2O2/c25-18-5-9-20(10-6-18)30-21-11-7-19(8-12-21)28-24(29)23-14-16(15-27-23)13-17-3-1-2-4-22(17)26/h1-12,16,23,27H,13-15H2,(H,28,29)/t16-,23+/m1/s1. The van der Waals surface area contributed by atoms with E-state index in [9.17, 15) is 13.6 Å². The summed E-state index contributed by atoms with van der Waals surface area (Å²) in [4.78, 5) is 12.6. The molecule has 0 bridgehead atoms. The number of benzene rings is 3. The lowest BCUT2D eigenvalue weighted by molar-refractivity contribution is -0.117. The average Bonchev–Trinajstić information content (AvgIpc) is 3.22. The van der Waals surface area contributed by atoms with E-state index in [2.05, 4.69) is 10.6 Å². The van der Waals surface area contributed by atoms with Gasteiger partial charge in [-0.05, 0) is 85.5 Å². The van der Waals surface area contributed by atoms with Gasteiger partial charge in [-0.15, -0.1) is 0 Å². The Bertz CT molecular complexity index is 1010. The van der Waals surface area contributed by atoms with Crippen LogP contribution in [-0.4, -0.2) is 18.5 Å². The minimum absolute atomic E-state index is 0.113. The van der Waals surface area contributed by atoms with Crippen molar-refractivity contribution in [2.45, 2.75) is 18.9 Å². The van der Waals surface area contributed by atoms with Crippen LogP contribution in [0.2, 0.25) is 0 Å². The molecule has 0 unspecified atom stereocenters. The summed E-state index contributed by atoms with van der Waals surface area (Å²) in [6.45, 7) is 0.677. The van der Waals surface area contributed by atoms with Crippen molar-refractivity contribution in [3.63, 3.8) is 0 Å². The summed E-state index contributed by atoms with van der Waals surface area (Å²) >= 11 is 0. The van der Waals surface area contributed by atoms with Gasteiger partial charge in [0.05, 0.1) is 6.04 Å². The molecule has 0 aromatic heterocycles. The summed E-state index contributed by atoms with van der Waals surface area (Å²) in [6, 6.07) is 19.2. The molecule has 1 saturated heterocycles. The van der Waals surface area contributed by atoms with E-state index < -0.39 is 0 Å². The van der Waals surface area contributed by atoms with Crippen LogP contribution in [0.4, 0.5) is 14.5 Å². The largest absolute Gasteiger partial charge is 0.457 e. The van der Waals surface area contributed by atoms with Gasteiger partial charge in [0, 0.05) is 5.69 Å². The highest BCUT2D eigenvalue weighted by Gasteiger charge is 2.29. The Balaban J connectivity index is 1.29. The van der Waals surface area contributed by atoms with E-state index in [-0.39, 0.29) is 29.5 Å². The smallest absolute Gasteiger partial charge is 0.241 e. The first kappa shape index (κ1) is 20.0. The Kier molecular flexibility index (Phi) is 6.05. The topological polar surface area (TPSA) is 50.4 Å². The molecule has 4 rings (SSSR count). The van der Waals surface area contributed by atoms with Crippen molar-refractivity contribution < 1.29 is 18.3 Å². The molecule has 0 saturated carbocycles. The summed E-state index contributed by atoms with van der Waals surface area (Å²) < 4.78 is 32.5. The Morgan fingerprint density at radius 2 is 1.63 bits per heavy atom. The van der Waals surface area contributed by atoms with Crippen molar-refractivity contribution in [3.8, 4) is 11.5 Å². The fraction of sp³-hybridized carbons (Fsp3) is 0.208. The van der Waals surface area contributed by atoms with Gasteiger partial charge in [-0.1, -0.05) is 18.2 Å². The van der Waals surface area contributed by atoms with Gasteiger partial charge in [0.1, 0.15) is 23.1 Å². The molecule has 1 heterocycles. The summed E-state index contributed by atoms with van der Waals surface area (Å²) in [5, 5.41) is 6.12. The zero-order valence-electron chi connectivity index (χ0n) is 16.3. The number of hydrogen-bond donors (Lipinski definition) is 2. The van der Waals surface area contributed by atoms with Gasteiger partial charge >= 0.3 is 0 Å². The van der Waals surface area contributed by atoms with Crippen molar-refractivity contribution in [3.05, 3.63) is 90.0 Å². The average molecular weight is 408 g/mol. The first-order chi connectivity index (χ1) is 14.6. The predicted octanol–water partition coefficient (Wildman–Crippen LogP) is 4.92. The zero-order valence-corrected chi connectivity index (χ0v) is 16.3. The second kappa shape index (κ2) is 9.05. The van der Waals surface area contributed by atoms with E-state index in [4.69, 9.17) is 4.74 Å². The van der Waals surface area contributed by atoms with E-state index in [1.165, 1.54) is 18.2 Å². The maximum absolute atomic E-state index is 13.8. The van der Waals surface area contributed by atoms with Crippen LogP contribution in [0.1, 0.15) is 12.0 Å². The SMILES string of the molecule is O=C(Nc1ccc(Oc2ccc(F)cc2)cc1)[C@@H]1C[C@@H](Cc2ccccc2F)CN1. The molecular formula is C24H22F2N2O2. The van der Waals surface area contributed by atoms with Crippen molar-refractivity contribution in [1.82, 2.24) is 5.32 Å². The number of amides is 1. The third-order valence-electron chi connectivity index (χ3n) is 5.18. The zero-order chi connectivity index (χ0) is 20.9. The number of carbonyl (C=O) groups excluding carboxylic acids is 1. The van der Waals surface area contributed by atoms with Gasteiger partial charge < -0.3 is 15.4 Å². The fourth-order valence-electron chi connectivity index (χ4n) is 3.61. The number of ether oxygens (including phenoxy) is 1. The molecule has 154 valence electrons. The Hall–Kier alpha value is -3.25. The second-order valence-electron chi connectivity index (χ2n) is 7.43. The minimum Gasteiger partial charge on any atom is -0.457 e. The van der Waals surface area contributed by atoms with E-state index >= 15 is 0 Å². The van der Waals surface area contributed by atoms with Crippen LogP contribution in [0, 0.1) is 17.6 Å². The summed E-state index contributed by atoms with van der Waals surface area (Å²) in [5.74, 6) is 0.695.